The molecule has 0 saturated heterocycles. The van der Waals surface area contributed by atoms with Gasteiger partial charge in [0.15, 0.2) is 0 Å². The largest absolute Gasteiger partial charge is 0.633 e. The highest BCUT2D eigenvalue weighted by Gasteiger charge is 2.06. The summed E-state index contributed by atoms with van der Waals surface area (Å²) < 4.78 is 4.67. The molecular weight excluding hydrogens is 287 g/mol. The van der Waals surface area contributed by atoms with Crippen LogP contribution in [0, 0.1) is 0 Å². The van der Waals surface area contributed by atoms with Gasteiger partial charge in [0, 0.05) is 6.61 Å². The molecule has 4 heteroatoms. The second-order valence-corrected chi connectivity index (χ2v) is 6.32. The van der Waals surface area contributed by atoms with Crippen molar-refractivity contribution in [2.45, 2.75) is 77.0 Å². The van der Waals surface area contributed by atoms with Crippen LogP contribution in [0.1, 0.15) is 76.2 Å². The highest BCUT2D eigenvalue weighted by molar-refractivity contribution is 6.32. The Kier molecular flexibility index (Phi) is 13.0. The van der Waals surface area contributed by atoms with E-state index in [9.17, 15) is 0 Å². The Morgan fingerprint density at radius 1 is 0.652 bits per heavy atom. The lowest BCUT2D eigenvalue weighted by Gasteiger charge is -2.04. The van der Waals surface area contributed by atoms with Gasteiger partial charge in [0.2, 0.25) is 0 Å². The predicted molar refractivity (Wildman–Crippen MR) is 97.1 cm³/mol. The molecule has 1 aromatic rings. The van der Waals surface area contributed by atoms with E-state index in [1.807, 2.05) is 0 Å². The van der Waals surface area contributed by atoms with Gasteiger partial charge in [-0.05, 0) is 24.8 Å². The second kappa shape index (κ2) is 14.7. The fraction of sp³-hybridized carbons (Fsp3) is 0.684. The monoisotopic (exact) mass is 320 g/mol. The van der Waals surface area contributed by atoms with E-state index in [4.69, 9.17) is 10.0 Å². The Bertz CT molecular complexity index is 357. The molecular formula is C19H33BO3. The van der Waals surface area contributed by atoms with Crippen LogP contribution < -0.4 is 0 Å². The lowest BCUT2D eigenvalue weighted by molar-refractivity contribution is 0.182. The molecule has 0 radical (unpaired) electrons. The summed E-state index contributed by atoms with van der Waals surface area (Å²) in [6.07, 6.45) is 15.2. The lowest BCUT2D eigenvalue weighted by atomic mass is 10.0. The van der Waals surface area contributed by atoms with Crippen LogP contribution in [0.2, 0.25) is 0 Å². The first-order valence-corrected chi connectivity index (χ1v) is 9.31. The van der Waals surface area contributed by atoms with Crippen LogP contribution in [-0.4, -0.2) is 24.0 Å². The Hall–Kier alpha value is -0.835. The van der Waals surface area contributed by atoms with Crippen LogP contribution in [0.5, 0.6) is 0 Å². The molecule has 0 heterocycles. The minimum atomic E-state index is -1.61. The van der Waals surface area contributed by atoms with Crippen molar-refractivity contribution in [2.75, 3.05) is 6.61 Å². The molecule has 0 bridgehead atoms. The SMILES string of the molecule is OB(O)OCCCCCCCCCCCCCc1ccccc1. The van der Waals surface area contributed by atoms with Crippen molar-refractivity contribution in [2.24, 2.45) is 0 Å². The average molecular weight is 320 g/mol. The van der Waals surface area contributed by atoms with E-state index in [1.165, 1.54) is 69.8 Å². The predicted octanol–water partition coefficient (Wildman–Crippen LogP) is 4.51. The van der Waals surface area contributed by atoms with Gasteiger partial charge in [-0.2, -0.15) is 0 Å². The molecule has 0 aliphatic rings. The zero-order valence-corrected chi connectivity index (χ0v) is 14.5. The second-order valence-electron chi connectivity index (χ2n) is 6.32. The molecule has 1 rings (SSSR count). The molecule has 0 aromatic heterocycles. The van der Waals surface area contributed by atoms with Gasteiger partial charge in [-0.15, -0.1) is 0 Å². The molecule has 130 valence electrons. The molecule has 0 fully saturated rings. The van der Waals surface area contributed by atoms with Crippen molar-refractivity contribution in [1.29, 1.82) is 0 Å². The van der Waals surface area contributed by atoms with Crippen LogP contribution >= 0.6 is 0 Å². The molecule has 0 aliphatic carbocycles. The number of hydrogen-bond donors (Lipinski definition) is 2. The van der Waals surface area contributed by atoms with E-state index in [0.29, 0.717) is 6.61 Å². The van der Waals surface area contributed by atoms with Crippen molar-refractivity contribution in [3.05, 3.63) is 35.9 Å². The van der Waals surface area contributed by atoms with Crippen molar-refractivity contribution in [1.82, 2.24) is 0 Å². The molecule has 3 nitrogen and oxygen atoms in total. The third-order valence-corrected chi connectivity index (χ3v) is 4.22. The summed E-state index contributed by atoms with van der Waals surface area (Å²) in [5, 5.41) is 17.0. The summed E-state index contributed by atoms with van der Waals surface area (Å²) in [5.74, 6) is 0. The molecule has 23 heavy (non-hydrogen) atoms. The zero-order valence-electron chi connectivity index (χ0n) is 14.5. The highest BCUT2D eigenvalue weighted by atomic mass is 16.6. The number of aryl methyl sites for hydroxylation is 1. The van der Waals surface area contributed by atoms with E-state index < -0.39 is 7.32 Å². The van der Waals surface area contributed by atoms with E-state index >= 15 is 0 Å². The molecule has 0 spiro atoms. The van der Waals surface area contributed by atoms with E-state index in [0.717, 1.165) is 12.8 Å². The van der Waals surface area contributed by atoms with Gasteiger partial charge >= 0.3 is 7.32 Å². The van der Waals surface area contributed by atoms with Crippen LogP contribution in [0.25, 0.3) is 0 Å². The van der Waals surface area contributed by atoms with Crippen molar-refractivity contribution < 1.29 is 14.7 Å². The first-order valence-electron chi connectivity index (χ1n) is 9.31. The maximum Gasteiger partial charge on any atom is 0.633 e. The minimum Gasteiger partial charge on any atom is -0.402 e. The summed E-state index contributed by atoms with van der Waals surface area (Å²) in [7, 11) is -1.61. The summed E-state index contributed by atoms with van der Waals surface area (Å²) in [6.45, 7) is 0.445. The molecule has 0 saturated carbocycles. The lowest BCUT2D eigenvalue weighted by Crippen LogP contribution is -2.17. The molecule has 2 N–H and O–H groups in total. The van der Waals surface area contributed by atoms with E-state index in [-0.39, 0.29) is 0 Å². The van der Waals surface area contributed by atoms with Gasteiger partial charge in [-0.3, -0.25) is 0 Å². The Balaban J connectivity index is 1.73. The first-order chi connectivity index (χ1) is 11.3. The Labute approximate surface area is 142 Å². The van der Waals surface area contributed by atoms with E-state index in [2.05, 4.69) is 35.0 Å². The van der Waals surface area contributed by atoms with Crippen LogP contribution in [0.3, 0.4) is 0 Å². The summed E-state index contributed by atoms with van der Waals surface area (Å²) in [5.41, 5.74) is 1.46. The van der Waals surface area contributed by atoms with Crippen molar-refractivity contribution in [3.8, 4) is 0 Å². The van der Waals surface area contributed by atoms with Gasteiger partial charge in [0.25, 0.3) is 0 Å². The van der Waals surface area contributed by atoms with Crippen LogP contribution in [0.4, 0.5) is 0 Å². The zero-order chi connectivity index (χ0) is 16.6. The summed E-state index contributed by atoms with van der Waals surface area (Å²) >= 11 is 0. The number of unbranched alkanes of at least 4 members (excludes halogenated alkanes) is 10. The molecule has 0 atom stereocenters. The smallest absolute Gasteiger partial charge is 0.402 e. The number of rotatable bonds is 15. The third kappa shape index (κ3) is 13.3. The Morgan fingerprint density at radius 2 is 1.13 bits per heavy atom. The van der Waals surface area contributed by atoms with Crippen molar-refractivity contribution >= 4 is 7.32 Å². The van der Waals surface area contributed by atoms with E-state index in [1.54, 1.807) is 0 Å². The maximum absolute atomic E-state index is 8.52. The van der Waals surface area contributed by atoms with Gasteiger partial charge in [0.05, 0.1) is 0 Å². The maximum atomic E-state index is 8.52. The first kappa shape index (κ1) is 20.2. The average Bonchev–Trinajstić information content (AvgIpc) is 2.56. The fourth-order valence-corrected chi connectivity index (χ4v) is 2.86. The summed E-state index contributed by atoms with van der Waals surface area (Å²) in [6, 6.07) is 10.8. The third-order valence-electron chi connectivity index (χ3n) is 4.22. The Morgan fingerprint density at radius 3 is 1.65 bits per heavy atom. The topological polar surface area (TPSA) is 49.7 Å². The van der Waals surface area contributed by atoms with Gasteiger partial charge in [0.1, 0.15) is 0 Å². The molecule has 0 aliphatic heterocycles. The highest BCUT2D eigenvalue weighted by Crippen LogP contribution is 2.12. The van der Waals surface area contributed by atoms with Crippen LogP contribution in [0.15, 0.2) is 30.3 Å². The van der Waals surface area contributed by atoms with Gasteiger partial charge < -0.3 is 14.7 Å². The molecule has 0 unspecified atom stereocenters. The van der Waals surface area contributed by atoms with Crippen LogP contribution in [-0.2, 0) is 11.1 Å². The summed E-state index contributed by atoms with van der Waals surface area (Å²) in [4.78, 5) is 0. The van der Waals surface area contributed by atoms with Gasteiger partial charge in [-0.1, -0.05) is 88.1 Å². The van der Waals surface area contributed by atoms with Crippen molar-refractivity contribution in [3.63, 3.8) is 0 Å². The minimum absolute atomic E-state index is 0.445. The standard InChI is InChI=1S/C19H33BO3/c21-20(22)23-18-14-9-7-5-3-1-2-4-6-8-11-15-19-16-12-10-13-17-19/h10,12-13,16-17,21-22H,1-9,11,14-15,18H2. The number of hydrogen-bond acceptors (Lipinski definition) is 3. The molecule has 0 amide bonds. The normalized spacial score (nSPS) is 10.9. The quantitative estimate of drug-likeness (QED) is 0.369. The fourth-order valence-electron chi connectivity index (χ4n) is 2.86. The molecule has 1 aromatic carbocycles. The number of benzene rings is 1. The van der Waals surface area contributed by atoms with Gasteiger partial charge in [-0.25, -0.2) is 0 Å².